The number of aliphatic carboxylic acids is 1. The van der Waals surface area contributed by atoms with Gasteiger partial charge in [0.2, 0.25) is 5.91 Å². The summed E-state index contributed by atoms with van der Waals surface area (Å²) in [7, 11) is 0. The number of rotatable bonds is 6. The number of hydrogen-bond donors (Lipinski definition) is 3. The molecule has 3 N–H and O–H groups in total. The van der Waals surface area contributed by atoms with E-state index in [1.165, 1.54) is 6.08 Å². The minimum atomic E-state index is -1.08. The fourth-order valence-corrected chi connectivity index (χ4v) is 2.58. The van der Waals surface area contributed by atoms with E-state index in [4.69, 9.17) is 0 Å². The van der Waals surface area contributed by atoms with Crippen LogP contribution in [0.15, 0.2) is 60.9 Å². The van der Waals surface area contributed by atoms with Crippen molar-refractivity contribution >= 4 is 28.9 Å². The van der Waals surface area contributed by atoms with E-state index in [1.807, 2.05) is 30.3 Å². The first-order valence-corrected chi connectivity index (χ1v) is 7.81. The molecule has 1 atom stereocenters. The van der Waals surface area contributed by atoms with E-state index in [2.05, 4.69) is 15.3 Å². The average Bonchev–Trinajstić information content (AvgIpc) is 3.03. The van der Waals surface area contributed by atoms with Crippen LogP contribution in [0.5, 0.6) is 0 Å². The van der Waals surface area contributed by atoms with Crippen LogP contribution in [0.3, 0.4) is 0 Å². The molecule has 0 unspecified atom stereocenters. The van der Waals surface area contributed by atoms with Crippen molar-refractivity contribution in [1.29, 1.82) is 0 Å². The normalized spacial score (nSPS) is 12.3. The van der Waals surface area contributed by atoms with Crippen molar-refractivity contribution in [3.05, 3.63) is 72.2 Å². The summed E-state index contributed by atoms with van der Waals surface area (Å²) in [6, 6.07) is 12.0. The summed E-state index contributed by atoms with van der Waals surface area (Å²) in [5, 5.41) is 12.9. The Hall–Kier alpha value is -3.41. The predicted octanol–water partition coefficient (Wildman–Crippen LogP) is 2.39. The number of fused-ring (bicyclic) bond motifs is 1. The van der Waals surface area contributed by atoms with E-state index in [0.717, 1.165) is 16.5 Å². The number of carbonyl (C=O) groups excluding carboxylic acids is 1. The molecule has 0 spiro atoms. The number of hydrogen-bond acceptors (Lipinski definition) is 3. The molecule has 0 aliphatic rings. The van der Waals surface area contributed by atoms with Gasteiger partial charge in [0, 0.05) is 35.8 Å². The molecular weight excluding hydrogens is 318 g/mol. The number of amides is 1. The lowest BCUT2D eigenvalue weighted by Gasteiger charge is -2.12. The third-order valence-corrected chi connectivity index (χ3v) is 3.81. The van der Waals surface area contributed by atoms with Crippen LogP contribution in [-0.2, 0) is 16.0 Å². The minimum Gasteiger partial charge on any atom is -0.480 e. The van der Waals surface area contributed by atoms with Crippen molar-refractivity contribution in [3.8, 4) is 0 Å². The minimum absolute atomic E-state index is 0.197. The first kappa shape index (κ1) is 16.4. The average molecular weight is 335 g/mol. The Morgan fingerprint density at radius 2 is 2.00 bits per heavy atom. The van der Waals surface area contributed by atoms with Crippen molar-refractivity contribution in [2.24, 2.45) is 0 Å². The molecule has 0 saturated heterocycles. The van der Waals surface area contributed by atoms with Gasteiger partial charge < -0.3 is 15.4 Å². The summed E-state index contributed by atoms with van der Waals surface area (Å²) < 4.78 is 0. The lowest BCUT2D eigenvalue weighted by molar-refractivity contribution is -0.141. The summed E-state index contributed by atoms with van der Waals surface area (Å²) in [6.07, 6.45) is 6.42. The molecule has 0 fully saturated rings. The van der Waals surface area contributed by atoms with Gasteiger partial charge in [-0.3, -0.25) is 9.78 Å². The fourth-order valence-electron chi connectivity index (χ4n) is 2.58. The van der Waals surface area contributed by atoms with Crippen LogP contribution in [0, 0.1) is 0 Å². The largest absolute Gasteiger partial charge is 0.480 e. The molecule has 126 valence electrons. The zero-order valence-electron chi connectivity index (χ0n) is 13.3. The van der Waals surface area contributed by atoms with E-state index < -0.39 is 17.9 Å². The van der Waals surface area contributed by atoms with Gasteiger partial charge in [-0.15, -0.1) is 0 Å². The van der Waals surface area contributed by atoms with Crippen LogP contribution in [0.4, 0.5) is 0 Å². The van der Waals surface area contributed by atoms with Gasteiger partial charge in [-0.1, -0.05) is 24.3 Å². The van der Waals surface area contributed by atoms with E-state index in [1.54, 1.807) is 30.6 Å². The lowest BCUT2D eigenvalue weighted by atomic mass is 10.0. The second kappa shape index (κ2) is 7.44. The maximum Gasteiger partial charge on any atom is 0.326 e. The van der Waals surface area contributed by atoms with Crippen LogP contribution >= 0.6 is 0 Å². The first-order valence-electron chi connectivity index (χ1n) is 7.81. The molecule has 3 aromatic rings. The second-order valence-electron chi connectivity index (χ2n) is 5.55. The molecule has 6 nitrogen and oxygen atoms in total. The number of carboxylic acid groups (broad SMARTS) is 1. The van der Waals surface area contributed by atoms with Gasteiger partial charge in [0.15, 0.2) is 0 Å². The number of benzene rings is 1. The Morgan fingerprint density at radius 3 is 2.76 bits per heavy atom. The molecule has 0 aliphatic carbocycles. The summed E-state index contributed by atoms with van der Waals surface area (Å²) in [5.41, 5.74) is 2.40. The lowest BCUT2D eigenvalue weighted by Crippen LogP contribution is -2.41. The van der Waals surface area contributed by atoms with Crippen molar-refractivity contribution < 1.29 is 14.7 Å². The van der Waals surface area contributed by atoms with Crippen LogP contribution < -0.4 is 5.32 Å². The monoisotopic (exact) mass is 335 g/mol. The van der Waals surface area contributed by atoms with Gasteiger partial charge in [0.05, 0.1) is 5.69 Å². The Bertz CT molecular complexity index is 916. The molecule has 1 amide bonds. The molecule has 0 aliphatic heterocycles. The third kappa shape index (κ3) is 4.11. The molecule has 3 rings (SSSR count). The predicted molar refractivity (Wildman–Crippen MR) is 94.8 cm³/mol. The second-order valence-corrected chi connectivity index (χ2v) is 5.55. The summed E-state index contributed by atoms with van der Waals surface area (Å²) >= 11 is 0. The van der Waals surface area contributed by atoms with E-state index in [0.29, 0.717) is 5.69 Å². The number of carboxylic acids is 1. The highest BCUT2D eigenvalue weighted by atomic mass is 16.4. The maximum absolute atomic E-state index is 12.0. The van der Waals surface area contributed by atoms with Gasteiger partial charge in [-0.2, -0.15) is 0 Å². The van der Waals surface area contributed by atoms with Crippen molar-refractivity contribution in [1.82, 2.24) is 15.3 Å². The zero-order chi connectivity index (χ0) is 17.6. The van der Waals surface area contributed by atoms with Gasteiger partial charge in [-0.05, 0) is 29.8 Å². The number of nitrogens with one attached hydrogen (secondary N) is 2. The first-order chi connectivity index (χ1) is 12.1. The maximum atomic E-state index is 12.0. The number of carbonyl (C=O) groups is 2. The molecular formula is C19H17N3O3. The highest BCUT2D eigenvalue weighted by molar-refractivity contribution is 5.94. The van der Waals surface area contributed by atoms with Crippen molar-refractivity contribution in [3.63, 3.8) is 0 Å². The summed E-state index contributed by atoms with van der Waals surface area (Å²) in [5.74, 6) is -1.55. The number of aromatic amines is 1. The van der Waals surface area contributed by atoms with Crippen molar-refractivity contribution in [2.75, 3.05) is 0 Å². The molecule has 2 aromatic heterocycles. The zero-order valence-corrected chi connectivity index (χ0v) is 13.3. The van der Waals surface area contributed by atoms with Gasteiger partial charge in [-0.25, -0.2) is 4.79 Å². The van der Waals surface area contributed by atoms with E-state index >= 15 is 0 Å². The molecule has 0 radical (unpaired) electrons. The Labute approximate surface area is 144 Å². The van der Waals surface area contributed by atoms with Crippen LogP contribution in [-0.4, -0.2) is 33.0 Å². The number of H-pyrrole nitrogens is 1. The van der Waals surface area contributed by atoms with Crippen LogP contribution in [0.1, 0.15) is 11.3 Å². The molecule has 1 aromatic carbocycles. The number of pyridine rings is 1. The van der Waals surface area contributed by atoms with Crippen molar-refractivity contribution in [2.45, 2.75) is 12.5 Å². The smallest absolute Gasteiger partial charge is 0.326 e. The number of para-hydroxylation sites is 1. The van der Waals surface area contributed by atoms with Crippen LogP contribution in [0.25, 0.3) is 17.0 Å². The Morgan fingerprint density at radius 1 is 1.20 bits per heavy atom. The number of nitrogens with zero attached hydrogens (tertiary/aromatic N) is 1. The Kier molecular flexibility index (Phi) is 4.89. The van der Waals surface area contributed by atoms with Gasteiger partial charge in [0.1, 0.15) is 6.04 Å². The number of aromatic nitrogens is 2. The van der Waals surface area contributed by atoms with E-state index in [-0.39, 0.29) is 6.42 Å². The highest BCUT2D eigenvalue weighted by Gasteiger charge is 2.21. The third-order valence-electron chi connectivity index (χ3n) is 3.81. The fraction of sp³-hybridized carbons (Fsp3) is 0.105. The summed E-state index contributed by atoms with van der Waals surface area (Å²) in [4.78, 5) is 30.7. The Balaban J connectivity index is 1.70. The molecule has 2 heterocycles. The molecule has 25 heavy (non-hydrogen) atoms. The topological polar surface area (TPSA) is 95.1 Å². The SMILES string of the molecule is O=C(/C=C/c1ccccn1)N[C@@H](Cc1c[nH]c2ccccc12)C(=O)O. The molecule has 0 saturated carbocycles. The standard InChI is InChI=1S/C19H17N3O3/c23-18(9-8-14-5-3-4-10-20-14)22-17(19(24)25)11-13-12-21-16-7-2-1-6-15(13)16/h1-10,12,17,21H,11H2,(H,22,23)(H,24,25)/b9-8+/t17-/m0/s1. The van der Waals surface area contributed by atoms with E-state index in [9.17, 15) is 14.7 Å². The molecule has 0 bridgehead atoms. The summed E-state index contributed by atoms with van der Waals surface area (Å²) in [6.45, 7) is 0. The molecule has 6 heteroatoms. The van der Waals surface area contributed by atoms with Gasteiger partial charge in [0.25, 0.3) is 0 Å². The van der Waals surface area contributed by atoms with Crippen LogP contribution in [0.2, 0.25) is 0 Å². The van der Waals surface area contributed by atoms with Gasteiger partial charge >= 0.3 is 5.97 Å². The highest BCUT2D eigenvalue weighted by Crippen LogP contribution is 2.19. The quantitative estimate of drug-likeness (QED) is 0.603.